The van der Waals surface area contributed by atoms with Crippen molar-refractivity contribution in [2.75, 3.05) is 18.0 Å². The van der Waals surface area contributed by atoms with Gasteiger partial charge in [-0.15, -0.1) is 0 Å². The van der Waals surface area contributed by atoms with Crippen molar-refractivity contribution in [3.05, 3.63) is 48.5 Å². The molecule has 1 aliphatic rings. The number of benzene rings is 2. The highest BCUT2D eigenvalue weighted by atomic mass is 16.5. The van der Waals surface area contributed by atoms with E-state index < -0.39 is 6.09 Å². The molecule has 0 aliphatic carbocycles. The lowest BCUT2D eigenvalue weighted by atomic mass is 10.2. The first-order chi connectivity index (χ1) is 10.7. The molecule has 0 atom stereocenters. The smallest absolute Gasteiger partial charge is 0.416 e. The fourth-order valence-corrected chi connectivity index (χ4v) is 2.16. The van der Waals surface area contributed by atoms with Crippen molar-refractivity contribution in [3.63, 3.8) is 0 Å². The highest BCUT2D eigenvalue weighted by Crippen LogP contribution is 2.46. The average Bonchev–Trinajstić information content (AvgIpc) is 2.53. The highest BCUT2D eigenvalue weighted by Gasteiger charge is 2.28. The molecule has 116 valence electrons. The molecule has 5 nitrogen and oxygen atoms in total. The summed E-state index contributed by atoms with van der Waals surface area (Å²) in [6.07, 6.45) is -1.02. The molecule has 5 heteroatoms. The van der Waals surface area contributed by atoms with Crippen molar-refractivity contribution in [2.45, 2.75) is 13.8 Å². The number of fused-ring (bicyclic) bond motifs is 2. The Morgan fingerprint density at radius 2 is 1.45 bits per heavy atom. The van der Waals surface area contributed by atoms with Crippen LogP contribution in [-0.4, -0.2) is 24.3 Å². The number of nitrogens with one attached hydrogen (secondary N) is 1. The molecular weight excluding hydrogens is 280 g/mol. The van der Waals surface area contributed by atoms with Gasteiger partial charge in [0.25, 0.3) is 0 Å². The maximum Gasteiger partial charge on any atom is 0.416 e. The maximum atomic E-state index is 11.4. The number of amides is 1. The first-order valence-electron chi connectivity index (χ1n) is 7.28. The van der Waals surface area contributed by atoms with E-state index in [1.54, 1.807) is 36.4 Å². The molecule has 0 aromatic heterocycles. The zero-order chi connectivity index (χ0) is 15.9. The molecule has 1 aliphatic heterocycles. The maximum absolute atomic E-state index is 11.4. The topological polar surface area (TPSA) is 61.8 Å². The van der Waals surface area contributed by atoms with Crippen molar-refractivity contribution in [2.24, 2.45) is 0 Å². The van der Waals surface area contributed by atoms with Gasteiger partial charge >= 0.3 is 6.09 Å². The van der Waals surface area contributed by atoms with E-state index in [0.29, 0.717) is 22.9 Å². The van der Waals surface area contributed by atoms with E-state index in [2.05, 4.69) is 19.2 Å². The van der Waals surface area contributed by atoms with Gasteiger partial charge in [0.05, 0.1) is 11.4 Å². The fourth-order valence-electron chi connectivity index (χ4n) is 2.16. The normalized spacial score (nSPS) is 11.5. The van der Waals surface area contributed by atoms with Gasteiger partial charge in [-0.3, -0.25) is 0 Å². The van der Waals surface area contributed by atoms with Crippen LogP contribution in [0.4, 0.5) is 16.2 Å². The number of rotatable bonds is 2. The van der Waals surface area contributed by atoms with Crippen LogP contribution in [0.15, 0.2) is 48.5 Å². The van der Waals surface area contributed by atoms with Gasteiger partial charge in [-0.1, -0.05) is 38.1 Å². The third-order valence-corrected chi connectivity index (χ3v) is 3.12. The Hall–Kier alpha value is -2.53. The summed E-state index contributed by atoms with van der Waals surface area (Å²) < 4.78 is 5.65. The lowest BCUT2D eigenvalue weighted by Crippen LogP contribution is -2.26. The van der Waals surface area contributed by atoms with E-state index in [1.165, 1.54) is 4.90 Å². The van der Waals surface area contributed by atoms with Gasteiger partial charge in [0.1, 0.15) is 0 Å². The molecule has 22 heavy (non-hydrogen) atoms. The van der Waals surface area contributed by atoms with Crippen LogP contribution < -0.4 is 15.0 Å². The Morgan fingerprint density at radius 3 is 1.82 bits per heavy atom. The van der Waals surface area contributed by atoms with E-state index in [9.17, 15) is 9.90 Å². The van der Waals surface area contributed by atoms with E-state index >= 15 is 0 Å². The SMILES string of the molecule is CCNCC.O=C(O)N1c2ccccc2Oc2ccccc21. The summed E-state index contributed by atoms with van der Waals surface area (Å²) in [6, 6.07) is 14.1. The molecular formula is C17H20N2O3. The predicted molar refractivity (Wildman–Crippen MR) is 87.3 cm³/mol. The van der Waals surface area contributed by atoms with Crippen molar-refractivity contribution in [1.82, 2.24) is 5.32 Å². The molecule has 0 unspecified atom stereocenters. The molecule has 2 aromatic rings. The number of carboxylic acid groups (broad SMARTS) is 1. The molecule has 0 bridgehead atoms. The van der Waals surface area contributed by atoms with Gasteiger partial charge < -0.3 is 15.2 Å². The van der Waals surface area contributed by atoms with Crippen molar-refractivity contribution >= 4 is 17.5 Å². The minimum atomic E-state index is -1.02. The van der Waals surface area contributed by atoms with Gasteiger partial charge in [0.2, 0.25) is 0 Å². The molecule has 2 N–H and O–H groups in total. The Kier molecular flexibility index (Phi) is 5.38. The third kappa shape index (κ3) is 3.38. The van der Waals surface area contributed by atoms with Crippen LogP contribution in [0.1, 0.15) is 13.8 Å². The van der Waals surface area contributed by atoms with E-state index in [0.717, 1.165) is 13.1 Å². The van der Waals surface area contributed by atoms with Crippen LogP contribution in [0.25, 0.3) is 0 Å². The van der Waals surface area contributed by atoms with Gasteiger partial charge in [0.15, 0.2) is 11.5 Å². The van der Waals surface area contributed by atoms with Gasteiger partial charge in [-0.05, 0) is 37.4 Å². The molecule has 0 saturated carbocycles. The Bertz CT molecular complexity index is 596. The summed E-state index contributed by atoms with van der Waals surface area (Å²) in [6.45, 7) is 6.39. The largest absolute Gasteiger partial charge is 0.464 e. The number of carbonyl (C=O) groups is 1. The molecule has 0 spiro atoms. The lowest BCUT2D eigenvalue weighted by Gasteiger charge is -2.28. The highest BCUT2D eigenvalue weighted by molar-refractivity contribution is 5.99. The Labute approximate surface area is 130 Å². The quantitative estimate of drug-likeness (QED) is 0.871. The standard InChI is InChI=1S/C13H9NO3.C4H11N/c15-13(16)14-9-5-1-3-7-11(9)17-12-8-4-2-6-10(12)14;1-3-5-4-2/h1-8H,(H,15,16);5H,3-4H2,1-2H3. The first-order valence-corrected chi connectivity index (χ1v) is 7.28. The van der Waals surface area contributed by atoms with E-state index in [1.807, 2.05) is 12.1 Å². The van der Waals surface area contributed by atoms with Crippen molar-refractivity contribution < 1.29 is 14.6 Å². The van der Waals surface area contributed by atoms with E-state index in [-0.39, 0.29) is 0 Å². The summed E-state index contributed by atoms with van der Waals surface area (Å²) in [5.41, 5.74) is 1.08. The van der Waals surface area contributed by atoms with Crippen molar-refractivity contribution in [1.29, 1.82) is 0 Å². The van der Waals surface area contributed by atoms with Gasteiger partial charge in [-0.25, -0.2) is 9.69 Å². The molecule has 0 saturated heterocycles. The number of nitrogens with zero attached hydrogens (tertiary/aromatic N) is 1. The molecule has 2 aromatic carbocycles. The summed E-state index contributed by atoms with van der Waals surface area (Å²) in [7, 11) is 0. The molecule has 0 fully saturated rings. The molecule has 1 heterocycles. The Balaban J connectivity index is 0.000000309. The van der Waals surface area contributed by atoms with Crippen LogP contribution in [0.5, 0.6) is 11.5 Å². The monoisotopic (exact) mass is 300 g/mol. The molecule has 3 rings (SSSR count). The zero-order valence-corrected chi connectivity index (χ0v) is 12.7. The number of hydrogen-bond donors (Lipinski definition) is 2. The number of hydrogen-bond acceptors (Lipinski definition) is 3. The van der Waals surface area contributed by atoms with Crippen LogP contribution in [0, 0.1) is 0 Å². The number of anilines is 2. The number of ether oxygens (including phenoxy) is 1. The minimum absolute atomic E-state index is 0.540. The third-order valence-electron chi connectivity index (χ3n) is 3.12. The minimum Gasteiger partial charge on any atom is -0.464 e. The summed E-state index contributed by atoms with van der Waals surface area (Å²) in [5.74, 6) is 1.10. The Morgan fingerprint density at radius 1 is 1.00 bits per heavy atom. The first kappa shape index (κ1) is 15.9. The fraction of sp³-hybridized carbons (Fsp3) is 0.235. The second-order valence-electron chi connectivity index (χ2n) is 4.61. The van der Waals surface area contributed by atoms with E-state index in [4.69, 9.17) is 4.74 Å². The summed E-state index contributed by atoms with van der Waals surface area (Å²) in [4.78, 5) is 12.6. The average molecular weight is 300 g/mol. The van der Waals surface area contributed by atoms with Crippen LogP contribution in [0.3, 0.4) is 0 Å². The summed E-state index contributed by atoms with van der Waals surface area (Å²) in [5, 5.41) is 12.4. The lowest BCUT2D eigenvalue weighted by molar-refractivity contribution is 0.204. The second-order valence-corrected chi connectivity index (χ2v) is 4.61. The van der Waals surface area contributed by atoms with Crippen LogP contribution in [-0.2, 0) is 0 Å². The second kappa shape index (κ2) is 7.47. The van der Waals surface area contributed by atoms with Crippen LogP contribution >= 0.6 is 0 Å². The van der Waals surface area contributed by atoms with Gasteiger partial charge in [-0.2, -0.15) is 0 Å². The van der Waals surface area contributed by atoms with Crippen molar-refractivity contribution in [3.8, 4) is 11.5 Å². The van der Waals surface area contributed by atoms with Crippen LogP contribution in [0.2, 0.25) is 0 Å². The predicted octanol–water partition coefficient (Wildman–Crippen LogP) is 4.22. The molecule has 1 amide bonds. The van der Waals surface area contributed by atoms with Gasteiger partial charge in [0, 0.05) is 0 Å². The molecule has 0 radical (unpaired) electrons. The number of para-hydroxylation sites is 4. The zero-order valence-electron chi connectivity index (χ0n) is 12.7. The summed E-state index contributed by atoms with van der Waals surface area (Å²) >= 11 is 0.